The third-order valence-corrected chi connectivity index (χ3v) is 1.56. The molecule has 0 saturated heterocycles. The van der Waals surface area contributed by atoms with Crippen LogP contribution in [0, 0.1) is 0 Å². The quantitative estimate of drug-likeness (QED) is 0.560. The van der Waals surface area contributed by atoms with E-state index >= 15 is 0 Å². The molecule has 1 heterocycles. The monoisotopic (exact) mass is 150 g/mol. The van der Waals surface area contributed by atoms with Crippen molar-refractivity contribution in [2.24, 2.45) is 4.99 Å². The maximum Gasteiger partial charge on any atom is 0.108 e. The Bertz CT molecular complexity index is 212. The van der Waals surface area contributed by atoms with Gasteiger partial charge in [-0.2, -0.15) is 0 Å². The summed E-state index contributed by atoms with van der Waals surface area (Å²) in [6.45, 7) is 4.77. The van der Waals surface area contributed by atoms with Crippen LogP contribution in [0.3, 0.4) is 0 Å². The second-order valence-electron chi connectivity index (χ2n) is 2.15. The first-order valence-electron chi connectivity index (χ1n) is 4.11. The largest absolute Gasteiger partial charge is 0.365 e. The van der Waals surface area contributed by atoms with Crippen LogP contribution in [0.5, 0.6) is 0 Å². The lowest BCUT2D eigenvalue weighted by molar-refractivity contribution is 0.909. The molecule has 0 fully saturated rings. The van der Waals surface area contributed by atoms with Gasteiger partial charge in [-0.1, -0.05) is 26.0 Å². The summed E-state index contributed by atoms with van der Waals surface area (Å²) in [5, 5.41) is 3.16. The van der Waals surface area contributed by atoms with Crippen LogP contribution in [-0.4, -0.2) is 12.4 Å². The van der Waals surface area contributed by atoms with Crippen molar-refractivity contribution in [3.8, 4) is 0 Å². The van der Waals surface area contributed by atoms with E-state index in [1.165, 1.54) is 11.4 Å². The molecule has 0 radical (unpaired) electrons. The van der Waals surface area contributed by atoms with Crippen molar-refractivity contribution in [2.75, 3.05) is 6.67 Å². The average Bonchev–Trinajstić information content (AvgIpc) is 2.55. The van der Waals surface area contributed by atoms with Crippen molar-refractivity contribution in [3.05, 3.63) is 23.9 Å². The van der Waals surface area contributed by atoms with E-state index in [2.05, 4.69) is 28.5 Å². The molecule has 2 nitrogen and oxygen atoms in total. The Kier molecular flexibility index (Phi) is 2.90. The predicted molar refractivity (Wildman–Crippen MR) is 48.6 cm³/mol. The summed E-state index contributed by atoms with van der Waals surface area (Å²) < 4.78 is 0. The van der Waals surface area contributed by atoms with Crippen LogP contribution in [-0.2, 0) is 0 Å². The van der Waals surface area contributed by atoms with Gasteiger partial charge in [-0.3, -0.25) is 4.99 Å². The van der Waals surface area contributed by atoms with E-state index in [9.17, 15) is 0 Å². The Balaban J connectivity index is 0.000000281. The Morgan fingerprint density at radius 3 is 3.00 bits per heavy atom. The Labute approximate surface area is 67.7 Å². The summed E-state index contributed by atoms with van der Waals surface area (Å²) in [4.78, 5) is 4.24. The molecule has 0 bridgehead atoms. The fraction of sp³-hybridized carbons (Fsp3) is 0.444. The fourth-order valence-electron chi connectivity index (χ4n) is 1.08. The van der Waals surface area contributed by atoms with E-state index in [4.69, 9.17) is 0 Å². The second-order valence-corrected chi connectivity index (χ2v) is 2.15. The molecule has 0 aromatic carbocycles. The van der Waals surface area contributed by atoms with Gasteiger partial charge >= 0.3 is 0 Å². The van der Waals surface area contributed by atoms with Gasteiger partial charge in [0.25, 0.3) is 0 Å². The molecule has 1 aliphatic heterocycles. The zero-order chi connectivity index (χ0) is 8.10. The Morgan fingerprint density at radius 1 is 1.45 bits per heavy atom. The molecule has 1 aliphatic carbocycles. The van der Waals surface area contributed by atoms with Crippen molar-refractivity contribution in [3.63, 3.8) is 0 Å². The molecule has 0 aromatic rings. The van der Waals surface area contributed by atoms with Crippen molar-refractivity contribution in [2.45, 2.75) is 20.3 Å². The number of fused-ring (bicyclic) bond motifs is 1. The van der Waals surface area contributed by atoms with Crippen molar-refractivity contribution in [1.29, 1.82) is 0 Å². The normalized spacial score (nSPS) is 18.7. The molecule has 11 heavy (non-hydrogen) atoms. The molecule has 2 rings (SSSR count). The first-order valence-corrected chi connectivity index (χ1v) is 4.11. The summed E-state index contributed by atoms with van der Waals surface area (Å²) in [5.41, 5.74) is 2.41. The molecule has 2 aliphatic rings. The van der Waals surface area contributed by atoms with Gasteiger partial charge in [-0.25, -0.2) is 0 Å². The number of hydrogen-bond donors (Lipinski definition) is 1. The second kappa shape index (κ2) is 3.96. The summed E-state index contributed by atoms with van der Waals surface area (Å²) >= 11 is 0. The van der Waals surface area contributed by atoms with E-state index in [1.54, 1.807) is 0 Å². The number of aliphatic imine (C=N–C) groups is 1. The fourth-order valence-corrected chi connectivity index (χ4v) is 1.08. The van der Waals surface area contributed by atoms with Crippen LogP contribution >= 0.6 is 0 Å². The zero-order valence-electron chi connectivity index (χ0n) is 7.09. The van der Waals surface area contributed by atoms with Crippen LogP contribution in [0.15, 0.2) is 28.9 Å². The number of rotatable bonds is 0. The molecule has 2 heteroatoms. The van der Waals surface area contributed by atoms with Gasteiger partial charge in [0.2, 0.25) is 0 Å². The lowest BCUT2D eigenvalue weighted by Crippen LogP contribution is -2.11. The van der Waals surface area contributed by atoms with Crippen LogP contribution < -0.4 is 5.32 Å². The molecule has 1 N–H and O–H groups in total. The highest BCUT2D eigenvalue weighted by molar-refractivity contribution is 6.02. The molecule has 0 aromatic heterocycles. The molecule has 60 valence electrons. The van der Waals surface area contributed by atoms with Gasteiger partial charge < -0.3 is 5.32 Å². The van der Waals surface area contributed by atoms with Crippen molar-refractivity contribution < 1.29 is 0 Å². The SMILES string of the molecule is C1=CCC2=NCNC2=C1.CC. The number of hydrogen-bond acceptors (Lipinski definition) is 2. The van der Waals surface area contributed by atoms with Crippen LogP contribution in [0.1, 0.15) is 20.3 Å². The Morgan fingerprint density at radius 2 is 2.27 bits per heavy atom. The molecular formula is C9H14N2. The number of allylic oxidation sites excluding steroid dienone is 4. The van der Waals surface area contributed by atoms with E-state index < -0.39 is 0 Å². The van der Waals surface area contributed by atoms with E-state index in [1.807, 2.05) is 13.8 Å². The average molecular weight is 150 g/mol. The minimum Gasteiger partial charge on any atom is -0.365 e. The highest BCUT2D eigenvalue weighted by atomic mass is 15.1. The van der Waals surface area contributed by atoms with Crippen LogP contribution in [0.4, 0.5) is 0 Å². The van der Waals surface area contributed by atoms with Crippen LogP contribution in [0.25, 0.3) is 0 Å². The summed E-state index contributed by atoms with van der Waals surface area (Å²) in [5.74, 6) is 0. The lowest BCUT2D eigenvalue weighted by atomic mass is 10.1. The maximum atomic E-state index is 4.24. The molecule has 0 atom stereocenters. The number of nitrogens with zero attached hydrogens (tertiary/aromatic N) is 1. The van der Waals surface area contributed by atoms with Gasteiger partial charge in [0.1, 0.15) is 6.67 Å². The molecule has 0 saturated carbocycles. The first-order chi connectivity index (χ1) is 5.47. The number of nitrogens with one attached hydrogen (secondary N) is 1. The van der Waals surface area contributed by atoms with Gasteiger partial charge in [0.15, 0.2) is 0 Å². The minimum atomic E-state index is 0.767. The maximum absolute atomic E-state index is 4.24. The smallest absolute Gasteiger partial charge is 0.108 e. The van der Waals surface area contributed by atoms with Gasteiger partial charge in [0, 0.05) is 6.42 Å². The van der Waals surface area contributed by atoms with E-state index in [-0.39, 0.29) is 0 Å². The standard InChI is InChI=1S/C7H8N2.C2H6/c1-2-4-7-6(3-1)8-5-9-7;1-2/h1-3,8H,4-5H2;1-2H3. The summed E-state index contributed by atoms with van der Waals surface area (Å²) in [6.07, 6.45) is 7.25. The van der Waals surface area contributed by atoms with E-state index in [0.717, 1.165) is 13.1 Å². The predicted octanol–water partition coefficient (Wildman–Crippen LogP) is 1.86. The van der Waals surface area contributed by atoms with Crippen LogP contribution in [0.2, 0.25) is 0 Å². The van der Waals surface area contributed by atoms with Gasteiger partial charge in [-0.05, 0) is 6.08 Å². The molecule has 0 unspecified atom stereocenters. The highest BCUT2D eigenvalue weighted by Crippen LogP contribution is 2.10. The van der Waals surface area contributed by atoms with Gasteiger partial charge in [-0.15, -0.1) is 0 Å². The van der Waals surface area contributed by atoms with Crippen molar-refractivity contribution >= 4 is 5.71 Å². The summed E-state index contributed by atoms with van der Waals surface area (Å²) in [7, 11) is 0. The third kappa shape index (κ3) is 1.70. The molecular weight excluding hydrogens is 136 g/mol. The summed E-state index contributed by atoms with van der Waals surface area (Å²) in [6, 6.07) is 0. The lowest BCUT2D eigenvalue weighted by Gasteiger charge is -2.02. The van der Waals surface area contributed by atoms with Gasteiger partial charge in [0.05, 0.1) is 11.4 Å². The zero-order valence-corrected chi connectivity index (χ0v) is 7.09. The molecule has 0 spiro atoms. The van der Waals surface area contributed by atoms with E-state index in [0.29, 0.717) is 0 Å². The first kappa shape index (κ1) is 8.05. The third-order valence-electron chi connectivity index (χ3n) is 1.56. The highest BCUT2D eigenvalue weighted by Gasteiger charge is 2.11. The molecule has 0 amide bonds. The Hall–Kier alpha value is -1.05. The minimum absolute atomic E-state index is 0.767. The van der Waals surface area contributed by atoms with Crippen molar-refractivity contribution in [1.82, 2.24) is 5.32 Å². The topological polar surface area (TPSA) is 24.4 Å².